The van der Waals surface area contributed by atoms with E-state index in [1.807, 2.05) is 43.9 Å². The van der Waals surface area contributed by atoms with Crippen molar-refractivity contribution < 1.29 is 68.0 Å². The van der Waals surface area contributed by atoms with E-state index in [-0.39, 0.29) is 42.4 Å². The van der Waals surface area contributed by atoms with Crippen molar-refractivity contribution in [1.82, 2.24) is 24.8 Å². The number of methoxy groups -OCH3 is 1. The predicted molar refractivity (Wildman–Crippen MR) is 264 cm³/mol. The van der Waals surface area contributed by atoms with Gasteiger partial charge in [-0.25, -0.2) is 9.07 Å². The van der Waals surface area contributed by atoms with Crippen molar-refractivity contribution in [3.8, 4) is 0 Å². The van der Waals surface area contributed by atoms with E-state index in [1.165, 1.54) is 26.2 Å². The van der Waals surface area contributed by atoms with Gasteiger partial charge in [0.25, 0.3) is 0 Å². The molecular weight excluding hydrogens is 959 g/mol. The lowest BCUT2D eigenvalue weighted by atomic mass is 9.77. The summed E-state index contributed by atoms with van der Waals surface area (Å²) in [5.41, 5.74) is -2.64. The van der Waals surface area contributed by atoms with Crippen LogP contribution in [-0.2, 0) is 51.0 Å². The fraction of sp³-hybridized carbons (Fsp3) is 0.804. The first-order valence-corrected chi connectivity index (χ1v) is 25.9. The Morgan fingerprint density at radius 2 is 1.72 bits per heavy atom. The molecule has 3 fully saturated rings. The number of aromatic nitrogens is 3. The Kier molecular flexibility index (Phi) is 19.4. The van der Waals surface area contributed by atoms with Crippen LogP contribution < -0.4 is 0 Å². The summed E-state index contributed by atoms with van der Waals surface area (Å²) in [6.45, 7) is 18.7. The lowest BCUT2D eigenvalue weighted by Gasteiger charge is -2.49. The Bertz CT molecular complexity index is 2140. The number of cyclic esters (lactones) is 1. The molecule has 5 heterocycles. The van der Waals surface area contributed by atoms with Crippen LogP contribution >= 0.6 is 11.6 Å². The van der Waals surface area contributed by atoms with Gasteiger partial charge in [0.1, 0.15) is 35.8 Å². The second-order valence-corrected chi connectivity index (χ2v) is 22.4. The Balaban J connectivity index is 1.23. The third kappa shape index (κ3) is 13.3. The molecule has 1 aromatic heterocycles. The normalized spacial score (nSPS) is 41.1. The molecule has 21 heteroatoms. The number of aliphatic hydroxyl groups is 5. The van der Waals surface area contributed by atoms with E-state index in [0.717, 1.165) is 5.69 Å². The summed E-state index contributed by atoms with van der Waals surface area (Å²) in [4.78, 5) is 24.1. The summed E-state index contributed by atoms with van der Waals surface area (Å²) >= 11 is 5.86. The van der Waals surface area contributed by atoms with Gasteiger partial charge in [0.05, 0.1) is 64.5 Å². The predicted octanol–water partition coefficient (Wildman–Crippen LogP) is 4.09. The van der Waals surface area contributed by atoms with Gasteiger partial charge in [-0.3, -0.25) is 4.79 Å². The third-order valence-corrected chi connectivity index (χ3v) is 16.1. The van der Waals surface area contributed by atoms with Gasteiger partial charge in [-0.15, -0.1) is 5.10 Å². The highest BCUT2D eigenvalue weighted by Gasteiger charge is 2.53. The van der Waals surface area contributed by atoms with Crippen LogP contribution in [0.3, 0.4) is 0 Å². The topological polar surface area (TPSA) is 232 Å². The fourth-order valence-electron chi connectivity index (χ4n) is 11.2. The van der Waals surface area contributed by atoms with Gasteiger partial charge in [0, 0.05) is 69.2 Å². The zero-order valence-corrected chi connectivity index (χ0v) is 45.1. The highest BCUT2D eigenvalue weighted by molar-refractivity contribution is 6.30. The fourth-order valence-corrected chi connectivity index (χ4v) is 11.4. The van der Waals surface area contributed by atoms with Crippen molar-refractivity contribution >= 4 is 23.3 Å². The van der Waals surface area contributed by atoms with Crippen molar-refractivity contribution in [2.75, 3.05) is 34.3 Å². The molecule has 6 rings (SSSR count). The van der Waals surface area contributed by atoms with Gasteiger partial charge in [-0.1, -0.05) is 48.8 Å². The van der Waals surface area contributed by atoms with Crippen molar-refractivity contribution in [1.29, 1.82) is 0 Å². The second-order valence-electron chi connectivity index (χ2n) is 22.0. The lowest BCUT2D eigenvalue weighted by Crippen LogP contribution is -2.61. The smallest absolute Gasteiger partial charge is 0.311 e. The molecule has 1 aromatic carbocycles. The van der Waals surface area contributed by atoms with E-state index in [9.17, 15) is 34.7 Å². The van der Waals surface area contributed by atoms with Gasteiger partial charge >= 0.3 is 5.97 Å². The molecule has 0 amide bonds. The minimum Gasteiger partial charge on any atom is -0.459 e. The van der Waals surface area contributed by atoms with Gasteiger partial charge in [-0.2, -0.15) is 0 Å². The van der Waals surface area contributed by atoms with Crippen LogP contribution in [0.15, 0.2) is 29.6 Å². The van der Waals surface area contributed by atoms with E-state index in [0.29, 0.717) is 50.2 Å². The van der Waals surface area contributed by atoms with Gasteiger partial charge in [0.2, 0.25) is 0 Å². The SMILES string of the molecule is CC[C@H]1OC(=O)[C@H](C)[C@@H](O[C@H]2C[C@@](C)(OC)[C@@H](O)[C@H](C)O2)[C@H](C)[C@@H](O[C@@H]2O[C@H](C)C[C@H](N(C)CCc3cn(C[C@H]4CC(c5ccc(Cl)c(F)c5)=NO4)nn3)[C@H]2O)[C@](C)(O)C[C@@H](C)CN(C)[C@H](C)[C@@H](O)[C@]1(C)O. The molecule has 2 aromatic rings. The van der Waals surface area contributed by atoms with Crippen LogP contribution in [-0.4, -0.2) is 193 Å². The van der Waals surface area contributed by atoms with Crippen molar-refractivity contribution in [2.45, 2.75) is 211 Å². The number of halogens is 2. The Morgan fingerprint density at radius 3 is 2.39 bits per heavy atom. The maximum absolute atomic E-state index is 14.5. The van der Waals surface area contributed by atoms with Crippen LogP contribution in [0.4, 0.5) is 4.39 Å². The van der Waals surface area contributed by atoms with Crippen molar-refractivity contribution in [3.05, 3.63) is 46.5 Å². The molecule has 0 spiro atoms. The number of esters is 1. The molecule has 408 valence electrons. The standard InChI is InChI=1S/C51H82ClFN6O13/c1-14-40-51(10,65)44(61)31(6)58(12)24-27(2)22-49(8,64)46(29(4)43(30(5)47(63)69-40)70-41-23-50(9,66-13)45(62)32(7)68-41)71-48-42(60)39(19-28(3)67-48)57(11)18-17-34-25-59(56-54-34)26-35-21-38(55-72-35)33-15-16-36(52)37(53)20-33/h15-16,20,25,27-32,35,39-46,48,60-62,64-65H,14,17-19,21-24,26H2,1-13H3/t27-,28-,29+,30-,31-,32+,35-,39+,40-,41+,42-,43+,44-,45+,46-,48+,49-,50-,51-/m1/s1. The summed E-state index contributed by atoms with van der Waals surface area (Å²) in [5.74, 6) is -3.36. The number of carbonyl (C=O) groups excluding carboxylic acids is 1. The summed E-state index contributed by atoms with van der Waals surface area (Å²) in [6.07, 6.45) is -6.81. The maximum atomic E-state index is 14.5. The summed E-state index contributed by atoms with van der Waals surface area (Å²) in [5, 5.41) is 72.6. The van der Waals surface area contributed by atoms with E-state index in [4.69, 9.17) is 44.9 Å². The largest absolute Gasteiger partial charge is 0.459 e. The number of hydrogen-bond acceptors (Lipinski definition) is 18. The first-order chi connectivity index (χ1) is 33.7. The molecule has 3 saturated heterocycles. The van der Waals surface area contributed by atoms with E-state index < -0.39 is 108 Å². The van der Waals surface area contributed by atoms with Crippen LogP contribution in [0, 0.1) is 23.6 Å². The lowest BCUT2D eigenvalue weighted by molar-refractivity contribution is -0.318. The van der Waals surface area contributed by atoms with Gasteiger partial charge < -0.3 is 68.6 Å². The van der Waals surface area contributed by atoms with E-state index >= 15 is 0 Å². The summed E-state index contributed by atoms with van der Waals surface area (Å²) < 4.78 is 54.1. The zero-order chi connectivity index (χ0) is 53.2. The van der Waals surface area contributed by atoms with Gasteiger partial charge in [0.15, 0.2) is 18.7 Å². The molecule has 72 heavy (non-hydrogen) atoms. The van der Waals surface area contributed by atoms with Crippen LogP contribution in [0.25, 0.3) is 0 Å². The van der Waals surface area contributed by atoms with Crippen LogP contribution in [0.5, 0.6) is 0 Å². The molecule has 0 saturated carbocycles. The second kappa shape index (κ2) is 23.9. The van der Waals surface area contributed by atoms with Crippen molar-refractivity contribution in [3.63, 3.8) is 0 Å². The Morgan fingerprint density at radius 1 is 1.01 bits per heavy atom. The third-order valence-electron chi connectivity index (χ3n) is 15.8. The molecule has 4 aliphatic heterocycles. The van der Waals surface area contributed by atoms with E-state index in [2.05, 4.69) is 15.5 Å². The molecule has 19 nitrogen and oxygen atoms in total. The number of carbonyl (C=O) groups is 1. The number of aliphatic hydroxyl groups excluding tert-OH is 3. The Hall–Kier alpha value is -2.96. The number of rotatable bonds is 13. The first kappa shape index (κ1) is 58.3. The zero-order valence-electron chi connectivity index (χ0n) is 44.4. The molecule has 0 bridgehead atoms. The minimum atomic E-state index is -1.85. The number of ether oxygens (including phenoxy) is 6. The molecule has 0 aliphatic carbocycles. The van der Waals surface area contributed by atoms with E-state index in [1.54, 1.807) is 59.2 Å². The average molecular weight is 1040 g/mol. The molecule has 0 unspecified atom stereocenters. The monoisotopic (exact) mass is 1040 g/mol. The highest BCUT2D eigenvalue weighted by Crippen LogP contribution is 2.40. The summed E-state index contributed by atoms with van der Waals surface area (Å²) in [6, 6.07) is 3.49. The van der Waals surface area contributed by atoms with Crippen LogP contribution in [0.1, 0.15) is 113 Å². The quantitative estimate of drug-likeness (QED) is 0.178. The first-order valence-electron chi connectivity index (χ1n) is 25.5. The van der Waals surface area contributed by atoms with Crippen molar-refractivity contribution in [2.24, 2.45) is 22.9 Å². The number of oxime groups is 1. The number of likely N-dealkylation sites (N-methyl/N-ethyl adjacent to an activating group) is 2. The average Bonchev–Trinajstić information content (AvgIpc) is 3.99. The highest BCUT2D eigenvalue weighted by atomic mass is 35.5. The molecule has 19 atom stereocenters. The van der Waals surface area contributed by atoms with Crippen LogP contribution in [0.2, 0.25) is 5.02 Å². The minimum absolute atomic E-state index is 0.0337. The molecular formula is C51H82ClFN6O13. The number of nitrogens with zero attached hydrogens (tertiary/aromatic N) is 6. The number of benzene rings is 1. The Labute approximate surface area is 429 Å². The van der Waals surface area contributed by atoms with Gasteiger partial charge in [-0.05, 0) is 99.9 Å². The molecule has 4 aliphatic rings. The summed E-state index contributed by atoms with van der Waals surface area (Å²) in [7, 11) is 5.23. The maximum Gasteiger partial charge on any atom is 0.311 e. The number of hydrogen-bond donors (Lipinski definition) is 5. The molecule has 5 N–H and O–H groups in total. The molecule has 0 radical (unpaired) electrons.